The zero-order valence-corrected chi connectivity index (χ0v) is 11.3. The van der Waals surface area contributed by atoms with E-state index >= 15 is 0 Å². The lowest BCUT2D eigenvalue weighted by molar-refractivity contribution is 0.339. The third-order valence-corrected chi connectivity index (χ3v) is 2.89. The molecule has 0 radical (unpaired) electrons. The Balaban J connectivity index is 1.75. The summed E-state index contributed by atoms with van der Waals surface area (Å²) in [6.07, 6.45) is 3.86. The third kappa shape index (κ3) is 4.06. The average molecular weight is 262 g/mol. The van der Waals surface area contributed by atoms with E-state index in [0.29, 0.717) is 12.2 Å². The molecular formula is C14H19FN4. The minimum Gasteiger partial charge on any atom is -0.381 e. The monoisotopic (exact) mass is 262 g/mol. The maximum Gasteiger partial charge on any atom is 0.146 e. The van der Waals surface area contributed by atoms with Crippen LogP contribution >= 0.6 is 0 Å². The molecule has 1 N–H and O–H groups in total. The molecule has 0 aliphatic rings. The summed E-state index contributed by atoms with van der Waals surface area (Å²) in [6, 6.07) is 6.72. The molecule has 0 saturated heterocycles. The Morgan fingerprint density at radius 2 is 2.16 bits per heavy atom. The molecule has 0 spiro atoms. The highest BCUT2D eigenvalue weighted by molar-refractivity contribution is 5.44. The number of halogens is 1. The van der Waals surface area contributed by atoms with Crippen LogP contribution < -0.4 is 5.32 Å². The first kappa shape index (κ1) is 13.5. The highest BCUT2D eigenvalue weighted by atomic mass is 19.1. The maximum atomic E-state index is 13.4. The molecule has 5 heteroatoms. The number of rotatable bonds is 6. The number of nitrogens with zero attached hydrogens (tertiary/aromatic N) is 3. The molecule has 2 rings (SSSR count). The number of nitrogens with one attached hydrogen (secondary N) is 1. The summed E-state index contributed by atoms with van der Waals surface area (Å²) in [5, 5.41) is 7.23. The second-order valence-electron chi connectivity index (χ2n) is 4.67. The van der Waals surface area contributed by atoms with Crippen molar-refractivity contribution in [2.75, 3.05) is 25.5 Å². The van der Waals surface area contributed by atoms with Crippen molar-refractivity contribution >= 4 is 5.69 Å². The molecule has 1 heterocycles. The van der Waals surface area contributed by atoms with Gasteiger partial charge in [-0.05, 0) is 19.2 Å². The Morgan fingerprint density at radius 3 is 2.84 bits per heavy atom. The van der Waals surface area contributed by atoms with Crippen molar-refractivity contribution < 1.29 is 4.39 Å². The predicted octanol–water partition coefficient (Wildman–Crippen LogP) is 2.10. The zero-order chi connectivity index (χ0) is 13.7. The Hall–Kier alpha value is -1.88. The molecule has 102 valence electrons. The van der Waals surface area contributed by atoms with Gasteiger partial charge in [-0.1, -0.05) is 12.1 Å². The van der Waals surface area contributed by atoms with Crippen molar-refractivity contribution in [3.63, 3.8) is 0 Å². The van der Waals surface area contributed by atoms with Gasteiger partial charge in [-0.15, -0.1) is 0 Å². The minimum absolute atomic E-state index is 0.211. The van der Waals surface area contributed by atoms with Crippen LogP contribution in [-0.4, -0.2) is 34.8 Å². The van der Waals surface area contributed by atoms with Crippen LogP contribution in [0.3, 0.4) is 0 Å². The second-order valence-corrected chi connectivity index (χ2v) is 4.67. The van der Waals surface area contributed by atoms with Gasteiger partial charge in [-0.2, -0.15) is 5.10 Å². The van der Waals surface area contributed by atoms with Crippen LogP contribution in [0.25, 0.3) is 0 Å². The maximum absolute atomic E-state index is 13.4. The zero-order valence-electron chi connectivity index (χ0n) is 11.3. The quantitative estimate of drug-likeness (QED) is 0.865. The number of aryl methyl sites for hydroxylation is 1. The standard InChI is InChI=1S/C14H19FN4/c1-18(10-12-9-17-19(2)11-12)8-7-16-14-6-4-3-5-13(14)15/h3-6,9,11,16H,7-8,10H2,1-2H3. The number of aromatic nitrogens is 2. The van der Waals surface area contributed by atoms with Crippen LogP contribution in [-0.2, 0) is 13.6 Å². The van der Waals surface area contributed by atoms with E-state index in [9.17, 15) is 4.39 Å². The van der Waals surface area contributed by atoms with E-state index in [0.717, 1.165) is 13.1 Å². The summed E-state index contributed by atoms with van der Waals surface area (Å²) < 4.78 is 15.2. The van der Waals surface area contributed by atoms with Crippen LogP contribution in [0.15, 0.2) is 36.7 Å². The Kier molecular flexibility index (Phi) is 4.52. The lowest BCUT2D eigenvalue weighted by Crippen LogP contribution is -2.24. The van der Waals surface area contributed by atoms with Crippen LogP contribution in [0, 0.1) is 5.82 Å². The van der Waals surface area contributed by atoms with Crippen molar-refractivity contribution in [1.29, 1.82) is 0 Å². The number of likely N-dealkylation sites (N-methyl/N-ethyl adjacent to an activating group) is 1. The third-order valence-electron chi connectivity index (χ3n) is 2.89. The largest absolute Gasteiger partial charge is 0.381 e. The first-order chi connectivity index (χ1) is 9.15. The molecule has 0 amide bonds. The summed E-state index contributed by atoms with van der Waals surface area (Å²) in [5.74, 6) is -0.211. The normalized spacial score (nSPS) is 10.9. The molecular weight excluding hydrogens is 243 g/mol. The van der Waals surface area contributed by atoms with E-state index in [4.69, 9.17) is 0 Å². The van der Waals surface area contributed by atoms with Gasteiger partial charge in [0, 0.05) is 38.4 Å². The topological polar surface area (TPSA) is 33.1 Å². The second kappa shape index (κ2) is 6.33. The van der Waals surface area contributed by atoms with E-state index in [1.807, 2.05) is 32.6 Å². The Morgan fingerprint density at radius 1 is 1.37 bits per heavy atom. The Labute approximate surface area is 112 Å². The summed E-state index contributed by atoms with van der Waals surface area (Å²) in [7, 11) is 3.94. The van der Waals surface area contributed by atoms with Crippen molar-refractivity contribution in [1.82, 2.24) is 14.7 Å². The van der Waals surface area contributed by atoms with Gasteiger partial charge in [0.05, 0.1) is 11.9 Å². The minimum atomic E-state index is -0.211. The molecule has 0 atom stereocenters. The molecule has 0 unspecified atom stereocenters. The smallest absolute Gasteiger partial charge is 0.146 e. The van der Waals surface area contributed by atoms with Gasteiger partial charge in [0.15, 0.2) is 0 Å². The molecule has 19 heavy (non-hydrogen) atoms. The first-order valence-electron chi connectivity index (χ1n) is 6.29. The van der Waals surface area contributed by atoms with Gasteiger partial charge in [-0.3, -0.25) is 4.68 Å². The van der Waals surface area contributed by atoms with Gasteiger partial charge in [0.2, 0.25) is 0 Å². The molecule has 2 aromatic rings. The van der Waals surface area contributed by atoms with Crippen molar-refractivity contribution in [2.24, 2.45) is 7.05 Å². The molecule has 0 bridgehead atoms. The van der Waals surface area contributed by atoms with Gasteiger partial charge in [0.25, 0.3) is 0 Å². The van der Waals surface area contributed by atoms with E-state index in [2.05, 4.69) is 15.3 Å². The lowest BCUT2D eigenvalue weighted by Gasteiger charge is -2.16. The fourth-order valence-electron chi connectivity index (χ4n) is 1.93. The Bertz CT molecular complexity index is 524. The van der Waals surface area contributed by atoms with Crippen LogP contribution in [0.4, 0.5) is 10.1 Å². The van der Waals surface area contributed by atoms with Crippen LogP contribution in [0.2, 0.25) is 0 Å². The number of anilines is 1. The van der Waals surface area contributed by atoms with Gasteiger partial charge < -0.3 is 10.2 Å². The molecule has 0 aliphatic heterocycles. The number of hydrogen-bond acceptors (Lipinski definition) is 3. The lowest BCUT2D eigenvalue weighted by atomic mass is 10.3. The van der Waals surface area contributed by atoms with E-state index in [-0.39, 0.29) is 5.82 Å². The van der Waals surface area contributed by atoms with Crippen molar-refractivity contribution in [3.05, 3.63) is 48.0 Å². The highest BCUT2D eigenvalue weighted by Gasteiger charge is 2.03. The van der Waals surface area contributed by atoms with E-state index in [1.54, 1.807) is 16.8 Å². The van der Waals surface area contributed by atoms with Gasteiger partial charge in [-0.25, -0.2) is 4.39 Å². The first-order valence-corrected chi connectivity index (χ1v) is 6.29. The van der Waals surface area contributed by atoms with Crippen molar-refractivity contribution in [2.45, 2.75) is 6.54 Å². The summed E-state index contributed by atoms with van der Waals surface area (Å²) in [5.41, 5.74) is 1.73. The summed E-state index contributed by atoms with van der Waals surface area (Å²) in [6.45, 7) is 2.38. The molecule has 0 saturated carbocycles. The highest BCUT2D eigenvalue weighted by Crippen LogP contribution is 2.11. The molecule has 4 nitrogen and oxygen atoms in total. The predicted molar refractivity (Wildman–Crippen MR) is 74.4 cm³/mol. The summed E-state index contributed by atoms with van der Waals surface area (Å²) in [4.78, 5) is 2.17. The van der Waals surface area contributed by atoms with Crippen LogP contribution in [0.5, 0.6) is 0 Å². The number of hydrogen-bond donors (Lipinski definition) is 1. The van der Waals surface area contributed by atoms with Crippen LogP contribution in [0.1, 0.15) is 5.56 Å². The van der Waals surface area contributed by atoms with E-state index < -0.39 is 0 Å². The molecule has 1 aromatic carbocycles. The molecule has 0 aliphatic carbocycles. The van der Waals surface area contributed by atoms with Gasteiger partial charge >= 0.3 is 0 Å². The number of para-hydroxylation sites is 1. The average Bonchev–Trinajstić information content (AvgIpc) is 2.77. The van der Waals surface area contributed by atoms with E-state index in [1.165, 1.54) is 11.6 Å². The number of benzene rings is 1. The molecule has 0 fully saturated rings. The molecule has 1 aromatic heterocycles. The fourth-order valence-corrected chi connectivity index (χ4v) is 1.93. The fraction of sp³-hybridized carbons (Fsp3) is 0.357. The van der Waals surface area contributed by atoms with Crippen molar-refractivity contribution in [3.8, 4) is 0 Å². The SMILES string of the molecule is CN(CCNc1ccccc1F)Cc1cnn(C)c1. The summed E-state index contributed by atoms with van der Waals surface area (Å²) >= 11 is 0. The van der Waals surface area contributed by atoms with Gasteiger partial charge in [0.1, 0.15) is 5.82 Å².